The number of thiocarbonyl (C=S) groups is 1. The minimum atomic E-state index is -0.598. The molecule has 1 fully saturated rings. The molecule has 0 bridgehead atoms. The molecule has 0 atom stereocenters. The molecule has 0 radical (unpaired) electrons. The minimum Gasteiger partial charge on any atom is -0.457 e. The maximum Gasteiger partial charge on any atom is 0.270 e. The topological polar surface area (TPSA) is 58.6 Å². The Morgan fingerprint density at radius 3 is 2.25 bits per heavy atom. The number of ether oxygens (including phenoxy) is 1. The van der Waals surface area contributed by atoms with Crippen LogP contribution in [0.3, 0.4) is 0 Å². The Bertz CT molecular complexity index is 1500. The van der Waals surface area contributed by atoms with Crippen LogP contribution < -0.4 is 15.0 Å². The Morgan fingerprint density at radius 2 is 1.50 bits per heavy atom. The maximum atomic E-state index is 13.8. The lowest BCUT2D eigenvalue weighted by molar-refractivity contribution is -0.122. The first-order valence-corrected chi connectivity index (χ1v) is 11.5. The predicted octanol–water partition coefficient (Wildman–Crippen LogP) is 6.12. The van der Waals surface area contributed by atoms with Gasteiger partial charge in [-0.25, -0.2) is 4.39 Å². The van der Waals surface area contributed by atoms with E-state index in [1.165, 1.54) is 23.1 Å². The summed E-state index contributed by atoms with van der Waals surface area (Å²) < 4.78 is 19.6. The van der Waals surface area contributed by atoms with Crippen molar-refractivity contribution in [2.24, 2.45) is 0 Å². The van der Waals surface area contributed by atoms with Crippen molar-refractivity contribution in [3.8, 4) is 22.6 Å². The van der Waals surface area contributed by atoms with Gasteiger partial charge >= 0.3 is 0 Å². The average molecular weight is 495 g/mol. The third-order valence-corrected chi connectivity index (χ3v) is 5.86. The third kappa shape index (κ3) is 4.78. The number of anilines is 1. The SMILES string of the molecule is O=C1NC(=S)N(c2ccc(Oc3ccccc3)cc2)C(=O)/C1=C/c1ccccc1-c1cccc(F)c1. The fourth-order valence-corrected chi connectivity index (χ4v) is 4.16. The van der Waals surface area contributed by atoms with Crippen LogP contribution >= 0.6 is 12.2 Å². The van der Waals surface area contributed by atoms with E-state index < -0.39 is 11.8 Å². The summed E-state index contributed by atoms with van der Waals surface area (Å²) in [5.41, 5.74) is 2.31. The van der Waals surface area contributed by atoms with Gasteiger partial charge in [0.15, 0.2) is 5.11 Å². The zero-order chi connectivity index (χ0) is 25.1. The number of nitrogens with one attached hydrogen (secondary N) is 1. The van der Waals surface area contributed by atoms with Gasteiger partial charge in [-0.05, 0) is 83.5 Å². The molecule has 2 amide bonds. The Morgan fingerprint density at radius 1 is 0.806 bits per heavy atom. The van der Waals surface area contributed by atoms with Crippen LogP contribution in [0.5, 0.6) is 11.5 Å². The highest BCUT2D eigenvalue weighted by Gasteiger charge is 2.34. The molecular weight excluding hydrogens is 475 g/mol. The lowest BCUT2D eigenvalue weighted by atomic mass is 9.97. The van der Waals surface area contributed by atoms with Gasteiger partial charge in [-0.3, -0.25) is 19.8 Å². The van der Waals surface area contributed by atoms with Gasteiger partial charge in [0.1, 0.15) is 22.9 Å². The molecule has 1 N–H and O–H groups in total. The van der Waals surface area contributed by atoms with Crippen LogP contribution in [0.1, 0.15) is 5.56 Å². The van der Waals surface area contributed by atoms with E-state index in [4.69, 9.17) is 17.0 Å². The first-order valence-electron chi connectivity index (χ1n) is 11.1. The lowest BCUT2D eigenvalue weighted by Gasteiger charge is -2.29. The number of hydrogen-bond acceptors (Lipinski definition) is 4. The van der Waals surface area contributed by atoms with E-state index in [0.29, 0.717) is 33.9 Å². The van der Waals surface area contributed by atoms with E-state index in [9.17, 15) is 14.0 Å². The van der Waals surface area contributed by atoms with Crippen molar-refractivity contribution >= 4 is 40.9 Å². The fraction of sp³-hybridized carbons (Fsp3) is 0. The van der Waals surface area contributed by atoms with E-state index in [1.807, 2.05) is 36.4 Å². The molecule has 5 nitrogen and oxygen atoms in total. The number of amides is 2. The smallest absolute Gasteiger partial charge is 0.270 e. The van der Waals surface area contributed by atoms with Crippen molar-refractivity contribution in [3.63, 3.8) is 0 Å². The number of nitrogens with zero attached hydrogens (tertiary/aromatic N) is 1. The number of rotatable bonds is 5. The number of para-hydroxylation sites is 1. The summed E-state index contributed by atoms with van der Waals surface area (Å²) in [5, 5.41) is 2.57. The molecule has 4 aromatic carbocycles. The molecule has 36 heavy (non-hydrogen) atoms. The summed E-state index contributed by atoms with van der Waals surface area (Å²) in [6.45, 7) is 0. The fourth-order valence-electron chi connectivity index (χ4n) is 3.88. The second-order valence-corrected chi connectivity index (χ2v) is 8.35. The van der Waals surface area contributed by atoms with Crippen LogP contribution in [-0.2, 0) is 9.59 Å². The Kier molecular flexibility index (Phi) is 6.38. The van der Waals surface area contributed by atoms with E-state index in [0.717, 1.165) is 0 Å². The summed E-state index contributed by atoms with van der Waals surface area (Å²) in [4.78, 5) is 27.5. The minimum absolute atomic E-state index is 0.0164. The van der Waals surface area contributed by atoms with Crippen LogP contribution in [0.15, 0.2) is 109 Å². The van der Waals surface area contributed by atoms with Gasteiger partial charge in [0, 0.05) is 0 Å². The maximum absolute atomic E-state index is 13.8. The quantitative estimate of drug-likeness (QED) is 0.206. The van der Waals surface area contributed by atoms with Crippen molar-refractivity contribution in [2.45, 2.75) is 0 Å². The molecular formula is C29H19FN2O3S. The zero-order valence-electron chi connectivity index (χ0n) is 18.9. The van der Waals surface area contributed by atoms with Crippen LogP contribution in [-0.4, -0.2) is 16.9 Å². The molecule has 1 aliphatic heterocycles. The molecule has 5 rings (SSSR count). The van der Waals surface area contributed by atoms with Crippen molar-refractivity contribution in [3.05, 3.63) is 120 Å². The molecule has 0 unspecified atom stereocenters. The largest absolute Gasteiger partial charge is 0.457 e. The molecule has 0 spiro atoms. The van der Waals surface area contributed by atoms with Gasteiger partial charge in [-0.2, -0.15) is 0 Å². The second-order valence-electron chi connectivity index (χ2n) is 7.96. The first kappa shape index (κ1) is 23.1. The van der Waals surface area contributed by atoms with Gasteiger partial charge in [0.05, 0.1) is 5.69 Å². The van der Waals surface area contributed by atoms with Gasteiger partial charge in [0.2, 0.25) is 0 Å². The van der Waals surface area contributed by atoms with Gasteiger partial charge in [0.25, 0.3) is 11.8 Å². The average Bonchev–Trinajstić information content (AvgIpc) is 2.88. The molecule has 7 heteroatoms. The molecule has 1 aliphatic rings. The Labute approximate surface area is 212 Å². The summed E-state index contributed by atoms with van der Waals surface area (Å²) in [6, 6.07) is 29.5. The summed E-state index contributed by atoms with van der Waals surface area (Å²) in [7, 11) is 0. The van der Waals surface area contributed by atoms with E-state index in [-0.39, 0.29) is 16.5 Å². The highest BCUT2D eigenvalue weighted by atomic mass is 32.1. The van der Waals surface area contributed by atoms with E-state index in [2.05, 4.69) is 5.32 Å². The molecule has 1 saturated heterocycles. The highest BCUT2D eigenvalue weighted by molar-refractivity contribution is 7.80. The normalized spacial score (nSPS) is 14.6. The van der Waals surface area contributed by atoms with Crippen LogP contribution in [0, 0.1) is 5.82 Å². The van der Waals surface area contributed by atoms with Crippen LogP contribution in [0.4, 0.5) is 10.1 Å². The van der Waals surface area contributed by atoms with Crippen LogP contribution in [0.25, 0.3) is 17.2 Å². The van der Waals surface area contributed by atoms with Crippen molar-refractivity contribution in [1.82, 2.24) is 5.32 Å². The van der Waals surface area contributed by atoms with Gasteiger partial charge in [-0.15, -0.1) is 0 Å². The third-order valence-electron chi connectivity index (χ3n) is 5.57. The van der Waals surface area contributed by atoms with Gasteiger partial charge in [-0.1, -0.05) is 54.6 Å². The standard InChI is InChI=1S/C29H19FN2O3S/c30-21-9-6-8-19(17-21)25-12-5-4-7-20(25)18-26-27(33)31-29(36)32(28(26)34)22-13-15-24(16-14-22)35-23-10-2-1-3-11-23/h1-18H,(H,31,33,36)/b26-18+. The van der Waals surface area contributed by atoms with Crippen molar-refractivity contribution < 1.29 is 18.7 Å². The lowest BCUT2D eigenvalue weighted by Crippen LogP contribution is -2.54. The molecule has 0 aliphatic carbocycles. The van der Waals surface area contributed by atoms with Gasteiger partial charge < -0.3 is 4.74 Å². The Hall–Kier alpha value is -4.62. The predicted molar refractivity (Wildman–Crippen MR) is 141 cm³/mol. The number of carbonyl (C=O) groups is 2. The summed E-state index contributed by atoms with van der Waals surface area (Å²) >= 11 is 5.31. The molecule has 0 aromatic heterocycles. The summed E-state index contributed by atoms with van der Waals surface area (Å²) in [5.74, 6) is -0.264. The van der Waals surface area contributed by atoms with Crippen molar-refractivity contribution in [2.75, 3.05) is 4.90 Å². The first-order chi connectivity index (χ1) is 17.5. The summed E-state index contributed by atoms with van der Waals surface area (Å²) in [6.07, 6.45) is 1.50. The van der Waals surface area contributed by atoms with E-state index >= 15 is 0 Å². The molecule has 1 heterocycles. The second kappa shape index (κ2) is 9.93. The van der Waals surface area contributed by atoms with Crippen molar-refractivity contribution in [1.29, 1.82) is 0 Å². The highest BCUT2D eigenvalue weighted by Crippen LogP contribution is 2.29. The number of carbonyl (C=O) groups excluding carboxylic acids is 2. The number of benzene rings is 4. The molecule has 4 aromatic rings. The Balaban J connectivity index is 1.46. The van der Waals surface area contributed by atoms with Crippen LogP contribution in [0.2, 0.25) is 0 Å². The monoisotopic (exact) mass is 494 g/mol. The molecule has 176 valence electrons. The zero-order valence-corrected chi connectivity index (χ0v) is 19.7. The van der Waals surface area contributed by atoms with E-state index in [1.54, 1.807) is 54.6 Å². The molecule has 0 saturated carbocycles. The number of halogens is 1. The number of hydrogen-bond donors (Lipinski definition) is 1.